The standard InChI is InChI=1S/C21H23ClF3N5O2.C2HF3O2/c22-14-3-1-13(2-4-14)19(32)29-9-6-15(7-10-29)27-16-11-30(12-17(16)31)20-26-8-5-18(28-20)21(23,24)25;3-2(4,5)1(6)7/h1-5,8,15-17,27,31H,6-7,9-12H2;(H,6,7)/t16?,17-;/m1./s1. The van der Waals surface area contributed by atoms with Gasteiger partial charge in [0.25, 0.3) is 5.91 Å². The molecule has 0 bridgehead atoms. The monoisotopic (exact) mass is 583 g/mol. The van der Waals surface area contributed by atoms with Crippen LogP contribution >= 0.6 is 11.6 Å². The average Bonchev–Trinajstić information content (AvgIpc) is 3.24. The van der Waals surface area contributed by atoms with Crippen molar-refractivity contribution in [3.8, 4) is 0 Å². The van der Waals surface area contributed by atoms with Crippen LogP contribution in [0.4, 0.5) is 32.3 Å². The van der Waals surface area contributed by atoms with E-state index in [2.05, 4.69) is 15.3 Å². The molecule has 9 nitrogen and oxygen atoms in total. The fraction of sp³-hybridized carbons (Fsp3) is 0.478. The molecule has 16 heteroatoms. The highest BCUT2D eigenvalue weighted by Gasteiger charge is 2.39. The summed E-state index contributed by atoms with van der Waals surface area (Å²) in [7, 11) is 0. The van der Waals surface area contributed by atoms with Gasteiger partial charge in [-0.3, -0.25) is 4.79 Å². The van der Waals surface area contributed by atoms with Crippen molar-refractivity contribution in [2.75, 3.05) is 31.1 Å². The number of carbonyl (C=O) groups excluding carboxylic acids is 1. The smallest absolute Gasteiger partial charge is 0.475 e. The molecule has 1 aromatic heterocycles. The predicted octanol–water partition coefficient (Wildman–Crippen LogP) is 3.23. The highest BCUT2D eigenvalue weighted by molar-refractivity contribution is 6.30. The lowest BCUT2D eigenvalue weighted by Crippen LogP contribution is -2.50. The Hall–Kier alpha value is -3.17. The number of carboxylic acids is 1. The molecule has 1 aromatic carbocycles. The third-order valence-electron chi connectivity index (χ3n) is 6.07. The number of hydrogen-bond donors (Lipinski definition) is 3. The van der Waals surface area contributed by atoms with Crippen molar-refractivity contribution in [3.63, 3.8) is 0 Å². The molecule has 0 spiro atoms. The Bertz CT molecular complexity index is 1140. The van der Waals surface area contributed by atoms with E-state index in [9.17, 15) is 36.2 Å². The third-order valence-corrected chi connectivity index (χ3v) is 6.32. The Kier molecular flexibility index (Phi) is 9.61. The van der Waals surface area contributed by atoms with Crippen molar-refractivity contribution in [1.29, 1.82) is 0 Å². The number of aliphatic hydroxyl groups is 1. The number of alkyl halides is 6. The molecule has 0 aliphatic carbocycles. The number of anilines is 1. The number of aliphatic carboxylic acids is 1. The number of piperidine rings is 1. The van der Waals surface area contributed by atoms with Crippen LogP contribution in [0.1, 0.15) is 28.9 Å². The zero-order valence-electron chi connectivity index (χ0n) is 20.1. The second kappa shape index (κ2) is 12.3. The quantitative estimate of drug-likeness (QED) is 0.470. The van der Waals surface area contributed by atoms with Crippen LogP contribution in [0.2, 0.25) is 5.02 Å². The summed E-state index contributed by atoms with van der Waals surface area (Å²) in [4.78, 5) is 32.4. The van der Waals surface area contributed by atoms with Gasteiger partial charge in [-0.1, -0.05) is 11.6 Å². The van der Waals surface area contributed by atoms with Gasteiger partial charge >= 0.3 is 18.3 Å². The normalized spacial score (nSPS) is 20.4. The number of carboxylic acid groups (broad SMARTS) is 1. The molecule has 2 aliphatic rings. The van der Waals surface area contributed by atoms with E-state index in [0.29, 0.717) is 43.1 Å². The van der Waals surface area contributed by atoms with E-state index in [-0.39, 0.29) is 30.5 Å². The number of nitrogens with one attached hydrogen (secondary N) is 1. The predicted molar refractivity (Wildman–Crippen MR) is 126 cm³/mol. The molecule has 3 N–H and O–H groups in total. The van der Waals surface area contributed by atoms with Gasteiger partial charge in [-0.05, 0) is 43.2 Å². The van der Waals surface area contributed by atoms with Crippen LogP contribution in [-0.4, -0.2) is 87.5 Å². The number of rotatable bonds is 4. The molecule has 2 aromatic rings. The molecular formula is C23H24ClF6N5O4. The van der Waals surface area contributed by atoms with Crippen molar-refractivity contribution in [1.82, 2.24) is 20.2 Å². The minimum absolute atomic E-state index is 0.0473. The number of benzene rings is 1. The minimum atomic E-state index is -5.08. The zero-order valence-corrected chi connectivity index (χ0v) is 20.8. The highest BCUT2D eigenvalue weighted by Crippen LogP contribution is 2.29. The van der Waals surface area contributed by atoms with E-state index in [1.54, 1.807) is 34.1 Å². The average molecular weight is 584 g/mol. The molecule has 4 rings (SSSR count). The van der Waals surface area contributed by atoms with Crippen LogP contribution in [0.15, 0.2) is 36.5 Å². The number of aliphatic hydroxyl groups excluding tert-OH is 1. The number of likely N-dealkylation sites (tertiary alicyclic amines) is 1. The maximum Gasteiger partial charge on any atom is 0.490 e. The lowest BCUT2D eigenvalue weighted by atomic mass is 10.0. The molecule has 2 saturated heterocycles. The van der Waals surface area contributed by atoms with E-state index in [1.807, 2.05) is 0 Å². The van der Waals surface area contributed by atoms with Crippen LogP contribution < -0.4 is 10.2 Å². The van der Waals surface area contributed by atoms with Crippen LogP contribution in [0.5, 0.6) is 0 Å². The molecule has 1 amide bonds. The van der Waals surface area contributed by atoms with Gasteiger partial charge in [-0.15, -0.1) is 0 Å². The lowest BCUT2D eigenvalue weighted by molar-refractivity contribution is -0.192. The molecule has 1 unspecified atom stereocenters. The summed E-state index contributed by atoms with van der Waals surface area (Å²) in [6.07, 6.45) is -7.90. The number of carbonyl (C=O) groups is 2. The van der Waals surface area contributed by atoms with E-state index < -0.39 is 30.1 Å². The molecule has 2 fully saturated rings. The fourth-order valence-corrected chi connectivity index (χ4v) is 4.23. The summed E-state index contributed by atoms with van der Waals surface area (Å²) in [6, 6.07) is 7.37. The Balaban J connectivity index is 0.000000532. The van der Waals surface area contributed by atoms with E-state index in [4.69, 9.17) is 21.5 Å². The second-order valence-electron chi connectivity index (χ2n) is 8.86. The van der Waals surface area contributed by atoms with E-state index in [0.717, 1.165) is 12.3 Å². The second-order valence-corrected chi connectivity index (χ2v) is 9.30. The molecule has 0 saturated carbocycles. The zero-order chi connectivity index (χ0) is 29.0. The molecule has 2 atom stereocenters. The Morgan fingerprint density at radius 1 is 1.00 bits per heavy atom. The Labute approximate surface area is 223 Å². The van der Waals surface area contributed by atoms with Gasteiger partial charge in [0.15, 0.2) is 0 Å². The summed E-state index contributed by atoms with van der Waals surface area (Å²) >= 11 is 5.88. The summed E-state index contributed by atoms with van der Waals surface area (Å²) in [5, 5.41) is 21.5. The first-order valence-electron chi connectivity index (χ1n) is 11.6. The van der Waals surface area contributed by atoms with Crippen LogP contribution in [-0.2, 0) is 11.0 Å². The number of β-amino-alcohol motifs (C(OH)–C–C–N with tert-alkyl or cyclic N) is 1. The molecule has 3 heterocycles. The fourth-order valence-electron chi connectivity index (χ4n) is 4.10. The van der Waals surface area contributed by atoms with Crippen molar-refractivity contribution in [3.05, 3.63) is 52.8 Å². The summed E-state index contributed by atoms with van der Waals surface area (Å²) in [5.41, 5.74) is -0.421. The molecular weight excluding hydrogens is 560 g/mol. The van der Waals surface area contributed by atoms with Gasteiger partial charge in [-0.2, -0.15) is 26.3 Å². The number of amides is 1. The van der Waals surface area contributed by atoms with Gasteiger partial charge in [0, 0.05) is 49.0 Å². The summed E-state index contributed by atoms with van der Waals surface area (Å²) in [5.74, 6) is -2.85. The first kappa shape index (κ1) is 30.4. The lowest BCUT2D eigenvalue weighted by Gasteiger charge is -2.34. The molecule has 2 aliphatic heterocycles. The highest BCUT2D eigenvalue weighted by atomic mass is 35.5. The first-order valence-corrected chi connectivity index (χ1v) is 12.0. The van der Waals surface area contributed by atoms with Gasteiger partial charge in [-0.25, -0.2) is 14.8 Å². The van der Waals surface area contributed by atoms with Gasteiger partial charge in [0.1, 0.15) is 5.69 Å². The number of nitrogens with zero attached hydrogens (tertiary/aromatic N) is 4. The van der Waals surface area contributed by atoms with Crippen LogP contribution in [0.25, 0.3) is 0 Å². The molecule has 0 radical (unpaired) electrons. The van der Waals surface area contributed by atoms with Gasteiger partial charge < -0.3 is 25.3 Å². The van der Waals surface area contributed by atoms with E-state index >= 15 is 0 Å². The largest absolute Gasteiger partial charge is 0.490 e. The summed E-state index contributed by atoms with van der Waals surface area (Å²) < 4.78 is 70.5. The number of hydrogen-bond acceptors (Lipinski definition) is 7. The molecule has 39 heavy (non-hydrogen) atoms. The van der Waals surface area contributed by atoms with Crippen molar-refractivity contribution in [2.45, 2.75) is 43.4 Å². The first-order chi connectivity index (χ1) is 18.1. The molecule has 214 valence electrons. The van der Waals surface area contributed by atoms with Crippen molar-refractivity contribution < 1.29 is 46.1 Å². The Morgan fingerprint density at radius 3 is 2.13 bits per heavy atom. The number of aromatic nitrogens is 2. The maximum atomic E-state index is 12.9. The van der Waals surface area contributed by atoms with Crippen LogP contribution in [0.3, 0.4) is 0 Å². The SMILES string of the molecule is O=C(O)C(F)(F)F.O=C(c1ccc(Cl)cc1)N1CCC(NC2CN(c3nccc(C(F)(F)F)n3)C[C@H]2O)CC1. The van der Waals surface area contributed by atoms with Crippen LogP contribution in [0, 0.1) is 0 Å². The number of halogens is 7. The minimum Gasteiger partial charge on any atom is -0.475 e. The third kappa shape index (κ3) is 8.41. The van der Waals surface area contributed by atoms with Crippen molar-refractivity contribution in [2.24, 2.45) is 0 Å². The summed E-state index contributed by atoms with van der Waals surface area (Å²) in [6.45, 7) is 1.59. The topological polar surface area (TPSA) is 119 Å². The van der Waals surface area contributed by atoms with Crippen molar-refractivity contribution >= 4 is 29.4 Å². The maximum absolute atomic E-state index is 12.9. The van der Waals surface area contributed by atoms with E-state index in [1.165, 1.54) is 0 Å². The van der Waals surface area contributed by atoms with Gasteiger partial charge in [0.2, 0.25) is 5.95 Å². The Morgan fingerprint density at radius 2 is 1.59 bits per heavy atom. The van der Waals surface area contributed by atoms with Gasteiger partial charge in [0.05, 0.1) is 12.1 Å².